The lowest BCUT2D eigenvalue weighted by molar-refractivity contribution is 0.408. The number of nitrogens with one attached hydrogen (secondary N) is 2. The van der Waals surface area contributed by atoms with Gasteiger partial charge in [0, 0.05) is 29.1 Å². The Balaban J connectivity index is 2.40. The van der Waals surface area contributed by atoms with Gasteiger partial charge in [0.05, 0.1) is 0 Å². The number of hydrogen-bond acceptors (Lipinski definition) is 2. The first-order chi connectivity index (χ1) is 8.42. The second kappa shape index (κ2) is 7.27. The number of benzene rings is 1. The molecule has 102 valence electrons. The van der Waals surface area contributed by atoms with Gasteiger partial charge in [-0.3, -0.25) is 0 Å². The fourth-order valence-electron chi connectivity index (χ4n) is 1.88. The Kier molecular flexibility index (Phi) is 6.33. The van der Waals surface area contributed by atoms with E-state index in [0.717, 1.165) is 24.0 Å². The van der Waals surface area contributed by atoms with Gasteiger partial charge in [-0.25, -0.2) is 0 Å². The molecule has 0 aliphatic carbocycles. The minimum atomic E-state index is 0.195. The molecule has 0 saturated carbocycles. The third-order valence-electron chi connectivity index (χ3n) is 2.85. The Bertz CT molecular complexity index is 341. The van der Waals surface area contributed by atoms with Crippen molar-refractivity contribution in [3.8, 4) is 0 Å². The van der Waals surface area contributed by atoms with Crippen LogP contribution in [0.2, 0.25) is 0 Å². The molecule has 0 aromatic heterocycles. The van der Waals surface area contributed by atoms with Crippen molar-refractivity contribution in [1.82, 2.24) is 10.6 Å². The van der Waals surface area contributed by atoms with Gasteiger partial charge < -0.3 is 10.6 Å². The highest BCUT2D eigenvalue weighted by Gasteiger charge is 2.10. The minimum absolute atomic E-state index is 0.195. The monoisotopic (exact) mass is 312 g/mol. The van der Waals surface area contributed by atoms with Gasteiger partial charge in [0.25, 0.3) is 0 Å². The molecule has 0 aliphatic rings. The molecule has 1 unspecified atom stereocenters. The molecule has 0 bridgehead atoms. The Morgan fingerprint density at radius 2 is 1.72 bits per heavy atom. The number of halogens is 1. The van der Waals surface area contributed by atoms with Gasteiger partial charge in [-0.2, -0.15) is 0 Å². The molecule has 0 heterocycles. The van der Waals surface area contributed by atoms with Crippen LogP contribution in [0.1, 0.15) is 45.7 Å². The standard InChI is InChI=1S/C15H25BrN2/c1-5-14(12-6-8-13(16)9-7-12)17-10-11-18-15(2,3)4/h6-9,14,17-18H,5,10-11H2,1-4H3. The summed E-state index contributed by atoms with van der Waals surface area (Å²) in [5, 5.41) is 7.09. The molecule has 1 aromatic rings. The maximum atomic E-state index is 3.60. The molecular formula is C15H25BrN2. The van der Waals surface area contributed by atoms with Crippen LogP contribution >= 0.6 is 15.9 Å². The predicted octanol–water partition coefficient (Wildman–Crippen LogP) is 3.88. The van der Waals surface area contributed by atoms with Crippen LogP contribution in [0, 0.1) is 0 Å². The smallest absolute Gasteiger partial charge is 0.0318 e. The molecule has 0 radical (unpaired) electrons. The highest BCUT2D eigenvalue weighted by molar-refractivity contribution is 9.10. The zero-order chi connectivity index (χ0) is 13.6. The lowest BCUT2D eigenvalue weighted by atomic mass is 10.0. The van der Waals surface area contributed by atoms with E-state index >= 15 is 0 Å². The Hall–Kier alpha value is -0.380. The average Bonchev–Trinajstić information content (AvgIpc) is 2.29. The van der Waals surface area contributed by atoms with Crippen LogP contribution in [0.4, 0.5) is 0 Å². The quantitative estimate of drug-likeness (QED) is 0.779. The zero-order valence-corrected chi connectivity index (χ0v) is 13.5. The first-order valence-corrected chi connectivity index (χ1v) is 7.45. The van der Waals surface area contributed by atoms with Crippen molar-refractivity contribution in [1.29, 1.82) is 0 Å². The van der Waals surface area contributed by atoms with Crippen molar-refractivity contribution in [2.75, 3.05) is 13.1 Å². The maximum absolute atomic E-state index is 3.60. The summed E-state index contributed by atoms with van der Waals surface area (Å²) in [6, 6.07) is 9.02. The molecule has 3 heteroatoms. The lowest BCUT2D eigenvalue weighted by Crippen LogP contribution is -2.40. The van der Waals surface area contributed by atoms with Crippen LogP contribution in [0.25, 0.3) is 0 Å². The summed E-state index contributed by atoms with van der Waals surface area (Å²) in [5.74, 6) is 0. The van der Waals surface area contributed by atoms with E-state index in [1.165, 1.54) is 5.56 Å². The molecule has 2 N–H and O–H groups in total. The van der Waals surface area contributed by atoms with E-state index in [1.54, 1.807) is 0 Å². The van der Waals surface area contributed by atoms with E-state index in [1.807, 2.05) is 0 Å². The Labute approximate surface area is 120 Å². The van der Waals surface area contributed by atoms with Gasteiger partial charge in [0.15, 0.2) is 0 Å². The van der Waals surface area contributed by atoms with E-state index in [9.17, 15) is 0 Å². The summed E-state index contributed by atoms with van der Waals surface area (Å²) in [5.41, 5.74) is 1.55. The second-order valence-electron chi connectivity index (χ2n) is 5.64. The predicted molar refractivity (Wildman–Crippen MR) is 82.9 cm³/mol. The molecule has 18 heavy (non-hydrogen) atoms. The third-order valence-corrected chi connectivity index (χ3v) is 3.38. The topological polar surface area (TPSA) is 24.1 Å². The molecular weight excluding hydrogens is 288 g/mol. The van der Waals surface area contributed by atoms with Crippen molar-refractivity contribution in [3.63, 3.8) is 0 Å². The van der Waals surface area contributed by atoms with Crippen molar-refractivity contribution in [2.24, 2.45) is 0 Å². The van der Waals surface area contributed by atoms with Crippen molar-refractivity contribution < 1.29 is 0 Å². The molecule has 1 rings (SSSR count). The van der Waals surface area contributed by atoms with Gasteiger partial charge in [0.1, 0.15) is 0 Å². The highest BCUT2D eigenvalue weighted by Crippen LogP contribution is 2.19. The Morgan fingerprint density at radius 1 is 1.11 bits per heavy atom. The molecule has 0 saturated heterocycles. The summed E-state index contributed by atoms with van der Waals surface area (Å²) in [7, 11) is 0. The number of rotatable bonds is 6. The number of hydrogen-bond donors (Lipinski definition) is 2. The molecule has 1 atom stereocenters. The van der Waals surface area contributed by atoms with Crippen LogP contribution in [0.5, 0.6) is 0 Å². The molecule has 0 spiro atoms. The zero-order valence-electron chi connectivity index (χ0n) is 11.9. The highest BCUT2D eigenvalue weighted by atomic mass is 79.9. The van der Waals surface area contributed by atoms with E-state index in [0.29, 0.717) is 6.04 Å². The largest absolute Gasteiger partial charge is 0.311 e. The molecule has 1 aromatic carbocycles. The second-order valence-corrected chi connectivity index (χ2v) is 6.56. The fourth-order valence-corrected chi connectivity index (χ4v) is 2.14. The molecule has 0 amide bonds. The van der Waals surface area contributed by atoms with Gasteiger partial charge in [-0.15, -0.1) is 0 Å². The van der Waals surface area contributed by atoms with Crippen molar-refractivity contribution >= 4 is 15.9 Å². The summed E-state index contributed by atoms with van der Waals surface area (Å²) in [4.78, 5) is 0. The van der Waals surface area contributed by atoms with Crippen molar-refractivity contribution in [2.45, 2.75) is 45.7 Å². The van der Waals surface area contributed by atoms with Crippen LogP contribution in [0.3, 0.4) is 0 Å². The van der Waals surface area contributed by atoms with Crippen molar-refractivity contribution in [3.05, 3.63) is 34.3 Å². The van der Waals surface area contributed by atoms with Crippen LogP contribution in [-0.4, -0.2) is 18.6 Å². The SMILES string of the molecule is CCC(NCCNC(C)(C)C)c1ccc(Br)cc1. The van der Waals surface area contributed by atoms with Crippen LogP contribution in [-0.2, 0) is 0 Å². The molecule has 0 fully saturated rings. The summed E-state index contributed by atoms with van der Waals surface area (Å²) in [6.07, 6.45) is 1.11. The minimum Gasteiger partial charge on any atom is -0.311 e. The van der Waals surface area contributed by atoms with Crippen LogP contribution in [0.15, 0.2) is 28.7 Å². The van der Waals surface area contributed by atoms with Gasteiger partial charge in [-0.1, -0.05) is 35.0 Å². The normalized spacial score (nSPS) is 13.6. The lowest BCUT2D eigenvalue weighted by Gasteiger charge is -2.22. The molecule has 0 aliphatic heterocycles. The van der Waals surface area contributed by atoms with E-state index in [-0.39, 0.29) is 5.54 Å². The first kappa shape index (κ1) is 15.7. The summed E-state index contributed by atoms with van der Waals surface area (Å²) >= 11 is 3.47. The van der Waals surface area contributed by atoms with Gasteiger partial charge >= 0.3 is 0 Å². The van der Waals surface area contributed by atoms with E-state index in [2.05, 4.69) is 78.5 Å². The summed E-state index contributed by atoms with van der Waals surface area (Å²) in [6.45, 7) is 10.8. The average molecular weight is 313 g/mol. The van der Waals surface area contributed by atoms with Gasteiger partial charge in [0.2, 0.25) is 0 Å². The van der Waals surface area contributed by atoms with E-state index in [4.69, 9.17) is 0 Å². The summed E-state index contributed by atoms with van der Waals surface area (Å²) < 4.78 is 1.13. The third kappa shape index (κ3) is 5.98. The first-order valence-electron chi connectivity index (χ1n) is 6.66. The fraction of sp³-hybridized carbons (Fsp3) is 0.600. The molecule has 2 nitrogen and oxygen atoms in total. The van der Waals surface area contributed by atoms with E-state index < -0.39 is 0 Å². The van der Waals surface area contributed by atoms with Crippen LogP contribution < -0.4 is 10.6 Å². The Morgan fingerprint density at radius 3 is 2.22 bits per heavy atom. The van der Waals surface area contributed by atoms with Gasteiger partial charge in [-0.05, 0) is 44.9 Å². The maximum Gasteiger partial charge on any atom is 0.0318 e.